The fourth-order valence-corrected chi connectivity index (χ4v) is 5.52. The molecule has 0 radical (unpaired) electrons. The van der Waals surface area contributed by atoms with Crippen LogP contribution < -0.4 is 5.73 Å². The van der Waals surface area contributed by atoms with E-state index in [-0.39, 0.29) is 17.6 Å². The Balaban J connectivity index is 2.45. The zero-order valence-electron chi connectivity index (χ0n) is 23.5. The first-order valence-corrected chi connectivity index (χ1v) is 15.8. The van der Waals surface area contributed by atoms with Crippen molar-refractivity contribution in [2.45, 2.75) is 116 Å². The second-order valence-electron chi connectivity index (χ2n) is 12.4. The molecule has 0 spiro atoms. The minimum Gasteiger partial charge on any atom is -0.444 e. The summed E-state index contributed by atoms with van der Waals surface area (Å²) in [6.07, 6.45) is 0.425. The van der Waals surface area contributed by atoms with Crippen molar-refractivity contribution in [2.24, 2.45) is 5.73 Å². The lowest BCUT2D eigenvalue weighted by atomic mass is 9.95. The van der Waals surface area contributed by atoms with Crippen molar-refractivity contribution in [3.8, 4) is 0 Å². The standard InChI is InChI=1S/C27H46F2N2O4Si/c1-10-11-33-21-16-23(31(17-21)25(32)34-26(2,3)4)24(35-36(8,9)27(5,6)7)22(30)14-18-12-19(28)15-20(29)13-18/h12-13,15,21-24H,10-11,14,16-17,30H2,1-9H3/t21?,22-,23?,24-/m0/s1. The number of rotatable bonds is 9. The molecule has 1 aliphatic heterocycles. The highest BCUT2D eigenvalue weighted by Crippen LogP contribution is 2.40. The number of halogens is 2. The molecular formula is C27H46F2N2O4Si. The molecule has 206 valence electrons. The summed E-state index contributed by atoms with van der Waals surface area (Å²) >= 11 is 0. The molecule has 2 N–H and O–H groups in total. The molecule has 0 saturated carbocycles. The summed E-state index contributed by atoms with van der Waals surface area (Å²) < 4.78 is 46.5. The van der Waals surface area contributed by atoms with Gasteiger partial charge < -0.3 is 19.6 Å². The number of nitrogens with two attached hydrogens (primary N) is 1. The molecule has 36 heavy (non-hydrogen) atoms. The highest BCUT2D eigenvalue weighted by molar-refractivity contribution is 6.74. The summed E-state index contributed by atoms with van der Waals surface area (Å²) in [6, 6.07) is 2.42. The molecule has 0 aliphatic carbocycles. The number of likely N-dealkylation sites (tertiary alicyclic amines) is 1. The summed E-state index contributed by atoms with van der Waals surface area (Å²) in [5, 5.41) is -0.108. The quantitative estimate of drug-likeness (QED) is 0.396. The molecular weight excluding hydrogens is 482 g/mol. The van der Waals surface area contributed by atoms with Gasteiger partial charge in [0.05, 0.1) is 24.8 Å². The van der Waals surface area contributed by atoms with Crippen molar-refractivity contribution >= 4 is 14.4 Å². The number of ether oxygens (including phenoxy) is 2. The average Bonchev–Trinajstić information content (AvgIpc) is 3.11. The first kappa shape index (κ1) is 30.7. The lowest BCUT2D eigenvalue weighted by Crippen LogP contribution is -2.58. The second kappa shape index (κ2) is 11.9. The first-order chi connectivity index (χ1) is 16.4. The molecule has 2 rings (SSSR count). The van der Waals surface area contributed by atoms with Crippen LogP contribution in [0.4, 0.5) is 13.6 Å². The number of hydrogen-bond acceptors (Lipinski definition) is 5. The number of carbonyl (C=O) groups is 1. The monoisotopic (exact) mass is 528 g/mol. The molecule has 0 aromatic heterocycles. The van der Waals surface area contributed by atoms with Gasteiger partial charge in [0, 0.05) is 18.7 Å². The number of hydrogen-bond donors (Lipinski definition) is 1. The normalized spacial score (nSPS) is 20.9. The van der Waals surface area contributed by atoms with E-state index in [0.29, 0.717) is 25.1 Å². The zero-order valence-corrected chi connectivity index (χ0v) is 24.5. The minimum absolute atomic E-state index is 0.108. The third-order valence-corrected chi connectivity index (χ3v) is 11.4. The van der Waals surface area contributed by atoms with Crippen LogP contribution in [0.25, 0.3) is 0 Å². The maximum absolute atomic E-state index is 13.9. The van der Waals surface area contributed by atoms with Gasteiger partial charge in [0.25, 0.3) is 0 Å². The van der Waals surface area contributed by atoms with Crippen LogP contribution in [0.1, 0.15) is 66.9 Å². The topological polar surface area (TPSA) is 74.0 Å². The van der Waals surface area contributed by atoms with Gasteiger partial charge >= 0.3 is 6.09 Å². The van der Waals surface area contributed by atoms with E-state index < -0.39 is 49.8 Å². The Morgan fingerprint density at radius 2 is 1.72 bits per heavy atom. The van der Waals surface area contributed by atoms with Crippen LogP contribution in [-0.2, 0) is 20.3 Å². The SMILES string of the molecule is CCCOC1CC([C@@H](O[Si](C)(C)C(C)(C)C)[C@@H](N)Cc2cc(F)cc(F)c2)N(C(=O)OC(C)(C)C)C1. The zero-order chi connectivity index (χ0) is 27.5. The van der Waals surface area contributed by atoms with Crippen molar-refractivity contribution in [3.05, 3.63) is 35.4 Å². The summed E-state index contributed by atoms with van der Waals surface area (Å²) in [7, 11) is -2.34. The minimum atomic E-state index is -2.34. The molecule has 1 aromatic rings. The summed E-state index contributed by atoms with van der Waals surface area (Å²) in [4.78, 5) is 15.0. The summed E-state index contributed by atoms with van der Waals surface area (Å²) in [6.45, 7) is 19.2. The van der Waals surface area contributed by atoms with E-state index in [0.717, 1.165) is 12.5 Å². The molecule has 0 bridgehead atoms. The van der Waals surface area contributed by atoms with E-state index in [1.54, 1.807) is 4.90 Å². The first-order valence-electron chi connectivity index (χ1n) is 12.9. The van der Waals surface area contributed by atoms with Crippen LogP contribution in [-0.4, -0.2) is 62.4 Å². The Hall–Kier alpha value is -1.55. The lowest BCUT2D eigenvalue weighted by molar-refractivity contribution is 0.00222. The molecule has 2 unspecified atom stereocenters. The molecule has 1 heterocycles. The van der Waals surface area contributed by atoms with Gasteiger partial charge in [-0.15, -0.1) is 0 Å². The maximum Gasteiger partial charge on any atom is 0.410 e. The Kier molecular flexibility index (Phi) is 10.1. The van der Waals surface area contributed by atoms with Crippen LogP contribution in [0.2, 0.25) is 18.1 Å². The van der Waals surface area contributed by atoms with Crippen molar-refractivity contribution < 1.29 is 27.5 Å². The largest absolute Gasteiger partial charge is 0.444 e. The Bertz CT molecular complexity index is 865. The predicted octanol–water partition coefficient (Wildman–Crippen LogP) is 6.03. The molecule has 4 atom stereocenters. The van der Waals surface area contributed by atoms with E-state index in [4.69, 9.17) is 19.6 Å². The molecule has 1 saturated heterocycles. The molecule has 1 amide bonds. The van der Waals surface area contributed by atoms with Gasteiger partial charge in [0.2, 0.25) is 0 Å². The molecule has 1 aliphatic rings. The van der Waals surface area contributed by atoms with Crippen molar-refractivity contribution in [1.29, 1.82) is 0 Å². The van der Waals surface area contributed by atoms with Gasteiger partial charge in [-0.2, -0.15) is 0 Å². The van der Waals surface area contributed by atoms with Gasteiger partial charge in [-0.05, 0) is 75.9 Å². The number of carbonyl (C=O) groups excluding carboxylic acids is 1. The van der Waals surface area contributed by atoms with Crippen molar-refractivity contribution in [3.63, 3.8) is 0 Å². The molecule has 9 heteroatoms. The van der Waals surface area contributed by atoms with Crippen molar-refractivity contribution in [1.82, 2.24) is 4.90 Å². The van der Waals surface area contributed by atoms with Crippen LogP contribution in [0.3, 0.4) is 0 Å². The van der Waals surface area contributed by atoms with Gasteiger partial charge in [0.15, 0.2) is 8.32 Å². The van der Waals surface area contributed by atoms with E-state index in [1.807, 2.05) is 27.7 Å². The van der Waals surface area contributed by atoms with Crippen LogP contribution in [0.15, 0.2) is 18.2 Å². The number of nitrogens with zero attached hydrogens (tertiary/aromatic N) is 1. The fraction of sp³-hybridized carbons (Fsp3) is 0.741. The summed E-state index contributed by atoms with van der Waals surface area (Å²) in [5.41, 5.74) is 6.53. The highest BCUT2D eigenvalue weighted by atomic mass is 28.4. The van der Waals surface area contributed by atoms with Gasteiger partial charge in [-0.3, -0.25) is 4.90 Å². The van der Waals surface area contributed by atoms with Gasteiger partial charge in [-0.25, -0.2) is 13.6 Å². The van der Waals surface area contributed by atoms with Crippen molar-refractivity contribution in [2.75, 3.05) is 13.2 Å². The summed E-state index contributed by atoms with van der Waals surface area (Å²) in [5.74, 6) is -1.30. The van der Waals surface area contributed by atoms with E-state index in [2.05, 4.69) is 33.9 Å². The smallest absolute Gasteiger partial charge is 0.410 e. The maximum atomic E-state index is 13.9. The fourth-order valence-electron chi connectivity index (χ4n) is 4.16. The van der Waals surface area contributed by atoms with Crippen LogP contribution in [0.5, 0.6) is 0 Å². The highest BCUT2D eigenvalue weighted by Gasteiger charge is 2.48. The Morgan fingerprint density at radius 3 is 2.22 bits per heavy atom. The van der Waals surface area contributed by atoms with Gasteiger partial charge in [-0.1, -0.05) is 27.7 Å². The molecule has 6 nitrogen and oxygen atoms in total. The lowest BCUT2D eigenvalue weighted by Gasteiger charge is -2.44. The van der Waals surface area contributed by atoms with E-state index >= 15 is 0 Å². The number of benzene rings is 1. The number of amides is 1. The Labute approximate surface area is 217 Å². The van der Waals surface area contributed by atoms with E-state index in [9.17, 15) is 13.6 Å². The molecule has 1 aromatic carbocycles. The Morgan fingerprint density at radius 1 is 1.14 bits per heavy atom. The molecule has 1 fully saturated rings. The van der Waals surface area contributed by atoms with Crippen LogP contribution >= 0.6 is 0 Å². The van der Waals surface area contributed by atoms with Gasteiger partial charge in [0.1, 0.15) is 17.2 Å². The van der Waals surface area contributed by atoms with E-state index in [1.165, 1.54) is 12.1 Å². The average molecular weight is 529 g/mol. The predicted molar refractivity (Wildman–Crippen MR) is 141 cm³/mol. The third-order valence-electron chi connectivity index (χ3n) is 6.92. The van der Waals surface area contributed by atoms with Crippen LogP contribution in [0, 0.1) is 11.6 Å². The third kappa shape index (κ3) is 8.50. The second-order valence-corrected chi connectivity index (χ2v) is 17.2.